The minimum absolute atomic E-state index is 0.0189. The summed E-state index contributed by atoms with van der Waals surface area (Å²) in [6, 6.07) is 40.6. The van der Waals surface area contributed by atoms with E-state index in [2.05, 4.69) is 189 Å². The van der Waals surface area contributed by atoms with Crippen molar-refractivity contribution in [1.82, 2.24) is 0 Å². The van der Waals surface area contributed by atoms with Crippen molar-refractivity contribution in [2.24, 2.45) is 0 Å². The van der Waals surface area contributed by atoms with Crippen molar-refractivity contribution in [1.29, 1.82) is 0 Å². The molecule has 2 aliphatic rings. The van der Waals surface area contributed by atoms with Crippen LogP contribution in [0.15, 0.2) is 133 Å². The molecule has 6 aromatic carbocycles. The summed E-state index contributed by atoms with van der Waals surface area (Å²) in [6.45, 7) is 18.5. The normalized spacial score (nSPS) is 15.1. The third-order valence-corrected chi connectivity index (χ3v) is 31.4. The van der Waals surface area contributed by atoms with E-state index >= 15 is 0 Å². The van der Waals surface area contributed by atoms with Crippen LogP contribution >= 0.6 is 17.0 Å². The van der Waals surface area contributed by atoms with Crippen LogP contribution in [0.25, 0.3) is 32.7 Å². The minimum atomic E-state index is -5.65. The maximum absolute atomic E-state index is 9.10. The van der Waals surface area contributed by atoms with Crippen molar-refractivity contribution in [3.05, 3.63) is 178 Å². The Morgan fingerprint density at radius 3 is 1.37 bits per heavy atom. The number of fused-ring (bicyclic) bond motifs is 5. The summed E-state index contributed by atoms with van der Waals surface area (Å²) < 4.78 is 0.811. The van der Waals surface area contributed by atoms with E-state index in [-0.39, 0.29) is 18.1 Å². The molecule has 262 valence electrons. The summed E-state index contributed by atoms with van der Waals surface area (Å²) >= 11 is -5.65. The van der Waals surface area contributed by atoms with Crippen LogP contribution < -0.4 is 0 Å². The molecule has 0 spiro atoms. The third-order valence-electron chi connectivity index (χ3n) is 11.8. The van der Waals surface area contributed by atoms with Gasteiger partial charge in [-0.2, -0.15) is 0 Å². The fraction of sp³-hybridized carbons (Fsp3) is 0.245. The number of allylic oxidation sites excluding steroid dienone is 4. The summed E-state index contributed by atoms with van der Waals surface area (Å²) in [5, 5.41) is 4.73. The summed E-state index contributed by atoms with van der Waals surface area (Å²) in [6.07, 6.45) is 8.91. The second-order valence-electron chi connectivity index (χ2n) is 17.3. The van der Waals surface area contributed by atoms with Gasteiger partial charge in [0.2, 0.25) is 0 Å². The Labute approximate surface area is 317 Å². The molecule has 0 radical (unpaired) electrons. The zero-order chi connectivity index (χ0) is 36.8. The first-order chi connectivity index (χ1) is 24.6. The van der Waals surface area contributed by atoms with Crippen LogP contribution in [0, 0.1) is 13.8 Å². The number of benzene rings is 6. The van der Waals surface area contributed by atoms with Gasteiger partial charge in [-0.25, -0.2) is 0 Å². The molecule has 0 amide bonds. The fourth-order valence-electron chi connectivity index (χ4n) is 9.59. The SMILES string of the molecule is Cc1cc2c(cc1C(C)(C)C)-c1cc(C(C)(C)C)c(C)cc1[CH]2[Zr]([Cl])([Cl])(=[C](c1cccc2ccccc12)c1cccc2ccccc12)[CH]1C=CC=C1. The molecule has 3 heteroatoms. The fourth-order valence-corrected chi connectivity index (χ4v) is 28.8. The van der Waals surface area contributed by atoms with Crippen molar-refractivity contribution < 1.29 is 15.9 Å². The van der Waals surface area contributed by atoms with E-state index in [1.165, 1.54) is 66.1 Å². The molecule has 52 heavy (non-hydrogen) atoms. The molecule has 0 aromatic heterocycles. The number of halogens is 2. The Morgan fingerprint density at radius 1 is 0.538 bits per heavy atom. The molecule has 0 N–H and O–H groups in total. The van der Waals surface area contributed by atoms with Crippen LogP contribution in [0.1, 0.15) is 89.7 Å². The number of hydrogen-bond donors (Lipinski definition) is 0. The van der Waals surface area contributed by atoms with E-state index in [4.69, 9.17) is 17.0 Å². The molecule has 2 aliphatic carbocycles. The van der Waals surface area contributed by atoms with Gasteiger partial charge in [0.1, 0.15) is 0 Å². The van der Waals surface area contributed by atoms with Gasteiger partial charge < -0.3 is 0 Å². The number of rotatable bonds is 4. The molecule has 0 bridgehead atoms. The third kappa shape index (κ3) is 5.44. The summed E-state index contributed by atoms with van der Waals surface area (Å²) in [5.74, 6) is 0. The first-order valence-corrected chi connectivity index (χ1v) is 29.0. The number of hydrogen-bond acceptors (Lipinski definition) is 0. The Morgan fingerprint density at radius 2 is 0.942 bits per heavy atom. The van der Waals surface area contributed by atoms with Gasteiger partial charge in [0.05, 0.1) is 0 Å². The van der Waals surface area contributed by atoms with Crippen molar-refractivity contribution in [2.45, 2.75) is 73.5 Å². The molecule has 0 nitrogen and oxygen atoms in total. The van der Waals surface area contributed by atoms with Gasteiger partial charge in [-0.15, -0.1) is 0 Å². The molecule has 0 saturated carbocycles. The van der Waals surface area contributed by atoms with Crippen molar-refractivity contribution >= 4 is 41.8 Å². The quantitative estimate of drug-likeness (QED) is 0.167. The molecule has 0 unspecified atom stereocenters. The molecule has 8 rings (SSSR count). The second-order valence-corrected chi connectivity index (χ2v) is 38.0. The Kier molecular flexibility index (Phi) is 8.47. The molecule has 6 aromatic rings. The average Bonchev–Trinajstić information content (AvgIpc) is 3.75. The molecule has 0 fully saturated rings. The first-order valence-electron chi connectivity index (χ1n) is 18.7. The van der Waals surface area contributed by atoms with Crippen molar-refractivity contribution in [3.63, 3.8) is 0 Å². The zero-order valence-corrected chi connectivity index (χ0v) is 35.6. The van der Waals surface area contributed by atoms with E-state index < -0.39 is 15.9 Å². The second kappa shape index (κ2) is 12.3. The van der Waals surface area contributed by atoms with Crippen LogP contribution in [0.2, 0.25) is 3.63 Å². The van der Waals surface area contributed by atoms with Gasteiger partial charge >= 0.3 is 320 Å². The maximum atomic E-state index is 9.10. The average molecular weight is 799 g/mol. The predicted molar refractivity (Wildman–Crippen MR) is 225 cm³/mol. The van der Waals surface area contributed by atoms with Crippen molar-refractivity contribution in [2.75, 3.05) is 0 Å². The van der Waals surface area contributed by atoms with Crippen LogP contribution in [0.5, 0.6) is 0 Å². The summed E-state index contributed by atoms with van der Waals surface area (Å²) in [4.78, 5) is 0. The van der Waals surface area contributed by atoms with Gasteiger partial charge in [-0.1, -0.05) is 0 Å². The molecule has 0 saturated heterocycles. The Balaban J connectivity index is 1.64. The van der Waals surface area contributed by atoms with E-state index in [1.54, 1.807) is 0 Å². The van der Waals surface area contributed by atoms with E-state index in [1.807, 2.05) is 0 Å². The molecule has 0 heterocycles. The van der Waals surface area contributed by atoms with Crippen molar-refractivity contribution in [3.8, 4) is 11.1 Å². The molecular formula is C49H48Cl2Zr. The summed E-state index contributed by atoms with van der Waals surface area (Å²) in [5.41, 5.74) is 12.6. The Hall–Kier alpha value is -3.35. The van der Waals surface area contributed by atoms with Gasteiger partial charge in [0, 0.05) is 0 Å². The predicted octanol–water partition coefficient (Wildman–Crippen LogP) is 14.5. The van der Waals surface area contributed by atoms with Crippen LogP contribution in [0.4, 0.5) is 0 Å². The van der Waals surface area contributed by atoms with Crippen LogP contribution in [0.3, 0.4) is 0 Å². The van der Waals surface area contributed by atoms with Gasteiger partial charge in [-0.05, 0) is 0 Å². The molecular weight excluding hydrogens is 751 g/mol. The van der Waals surface area contributed by atoms with Crippen LogP contribution in [-0.2, 0) is 26.7 Å². The summed E-state index contributed by atoms with van der Waals surface area (Å²) in [7, 11) is 18.2. The van der Waals surface area contributed by atoms with E-state index in [0.717, 1.165) is 14.3 Å². The van der Waals surface area contributed by atoms with E-state index in [9.17, 15) is 0 Å². The topological polar surface area (TPSA) is 0 Å². The standard InChI is InChI=1S/C23H29.C21H14.C5H5.2ClH.Zr/c1-14-9-16-11-17-10-15(2)21(23(6,7)8)13-19(17)18(16)12-20(14)22(3,4)5;1-3-13-20-16(7-1)9-5-11-18(20)15-19-12-6-10-17-8-2-4-14-21(17)19;1-2-4-5-3-1;;;/h9-13H,1-8H3;1-14H;1-5H;2*1H;/q;;;;;+2/p-2. The monoisotopic (exact) mass is 796 g/mol. The Bertz CT molecular complexity index is 2400. The molecule has 0 atom stereocenters. The van der Waals surface area contributed by atoms with E-state index in [0.29, 0.717) is 0 Å². The van der Waals surface area contributed by atoms with Gasteiger partial charge in [0.15, 0.2) is 0 Å². The first kappa shape index (κ1) is 35.7. The number of aryl methyl sites for hydroxylation is 2. The van der Waals surface area contributed by atoms with Crippen LogP contribution in [-0.4, -0.2) is 3.21 Å². The van der Waals surface area contributed by atoms with Gasteiger partial charge in [-0.3, -0.25) is 0 Å². The van der Waals surface area contributed by atoms with Gasteiger partial charge in [0.25, 0.3) is 0 Å². The molecule has 0 aliphatic heterocycles. The zero-order valence-electron chi connectivity index (χ0n) is 31.6.